The number of hydrogen-bond acceptors (Lipinski definition) is 6. The van der Waals surface area contributed by atoms with E-state index in [2.05, 4.69) is 18.7 Å². The van der Waals surface area contributed by atoms with E-state index in [0.29, 0.717) is 5.02 Å². The molecule has 4 rings (SSSR count). The van der Waals surface area contributed by atoms with Gasteiger partial charge in [-0.2, -0.15) is 26.5 Å². The van der Waals surface area contributed by atoms with E-state index in [4.69, 9.17) is 16.2 Å². The van der Waals surface area contributed by atoms with E-state index in [-0.39, 0.29) is 4.90 Å². The van der Waals surface area contributed by atoms with Gasteiger partial charge in [0.05, 0.1) is 29.0 Å². The van der Waals surface area contributed by atoms with Gasteiger partial charge in [-0.25, -0.2) is 4.83 Å². The number of fused-ring (bicyclic) bond motifs is 2. The Bertz CT molecular complexity index is 1520. The molecule has 0 radical (unpaired) electrons. The lowest BCUT2D eigenvalue weighted by molar-refractivity contribution is -0.617. The summed E-state index contributed by atoms with van der Waals surface area (Å²) in [5, 5.41) is 6.48. The van der Waals surface area contributed by atoms with Crippen molar-refractivity contribution in [2.24, 2.45) is 12.1 Å². The van der Waals surface area contributed by atoms with Crippen LogP contribution >= 0.6 is 11.6 Å². The molecule has 4 aromatic rings. The number of rotatable bonds is 5. The van der Waals surface area contributed by atoms with Gasteiger partial charge in [-0.15, -0.1) is 0 Å². The smallest absolute Gasteiger partial charge is 0.264 e. The minimum atomic E-state index is -4.16. The number of aromatic nitrogens is 1. The number of nitrogens with zero attached hydrogens (tertiary/aromatic N) is 2. The van der Waals surface area contributed by atoms with E-state index >= 15 is 0 Å². The molecule has 34 heavy (non-hydrogen) atoms. The molecular formula is C22H21ClN3O6S2+. The van der Waals surface area contributed by atoms with E-state index in [0.717, 1.165) is 34.5 Å². The maximum absolute atomic E-state index is 12.4. The molecule has 0 aliphatic heterocycles. The van der Waals surface area contributed by atoms with Gasteiger partial charge in [0.25, 0.3) is 10.0 Å². The second kappa shape index (κ2) is 10.5. The predicted octanol–water partition coefficient (Wildman–Crippen LogP) is 3.22. The number of benzene rings is 3. The normalized spacial score (nSPS) is 12.0. The summed E-state index contributed by atoms with van der Waals surface area (Å²) in [5.41, 5.74) is 2.91. The van der Waals surface area contributed by atoms with Gasteiger partial charge < -0.3 is 0 Å². The fraction of sp³-hybridized carbons (Fsp3) is 0.0909. The van der Waals surface area contributed by atoms with Crippen LogP contribution in [0.15, 0.2) is 82.8 Å². The zero-order valence-corrected chi connectivity index (χ0v) is 20.5. The van der Waals surface area contributed by atoms with E-state index in [9.17, 15) is 16.8 Å². The van der Waals surface area contributed by atoms with Gasteiger partial charge in [-0.05, 0) is 36.4 Å². The number of pyridine rings is 1. The van der Waals surface area contributed by atoms with Crippen molar-refractivity contribution < 1.29 is 30.1 Å². The highest BCUT2D eigenvalue weighted by atomic mass is 35.5. The van der Waals surface area contributed by atoms with Crippen molar-refractivity contribution in [2.45, 2.75) is 4.90 Å². The molecule has 2 N–H and O–H groups in total. The molecule has 0 bridgehead atoms. The van der Waals surface area contributed by atoms with Crippen LogP contribution in [-0.2, 0) is 31.7 Å². The standard InChI is InChI=1S/C21H16ClN3O2S.CH4O4S/c1-25-20-8-4-2-6-17(20)19(18-7-3-5-9-21(18)25)14-23-24-28(26,27)16-12-10-15(22)11-13-16;1-5-6(2,3)4/h2-14H,1H3;1H3,(H,2,3,4)/p+1. The first kappa shape index (κ1) is 25.5. The zero-order valence-electron chi connectivity index (χ0n) is 18.1. The summed E-state index contributed by atoms with van der Waals surface area (Å²) in [6, 6.07) is 21.8. The van der Waals surface area contributed by atoms with E-state index < -0.39 is 20.4 Å². The number of hydrogen-bond donors (Lipinski definition) is 2. The van der Waals surface area contributed by atoms with Crippen molar-refractivity contribution in [3.8, 4) is 0 Å². The van der Waals surface area contributed by atoms with Crippen LogP contribution in [0.3, 0.4) is 0 Å². The van der Waals surface area contributed by atoms with Crippen LogP contribution in [0.2, 0.25) is 5.02 Å². The van der Waals surface area contributed by atoms with Crippen LogP contribution in [0.4, 0.5) is 0 Å². The number of nitrogens with one attached hydrogen (secondary N) is 1. The van der Waals surface area contributed by atoms with Crippen molar-refractivity contribution in [2.75, 3.05) is 7.11 Å². The van der Waals surface area contributed by atoms with Gasteiger partial charge in [0.1, 0.15) is 7.05 Å². The number of sulfonamides is 1. The molecule has 3 aromatic carbocycles. The van der Waals surface area contributed by atoms with Gasteiger partial charge in [0.2, 0.25) is 11.0 Å². The van der Waals surface area contributed by atoms with Crippen LogP contribution in [0.5, 0.6) is 0 Å². The SMILES string of the molecule is COS(=O)(=O)O.C[n+]1c2ccccc2c(/C=N/NS(=O)(=O)c2ccc(Cl)cc2)c2ccccc21. The Balaban J connectivity index is 0.000000481. The third kappa shape index (κ3) is 6.07. The average molecular weight is 523 g/mol. The summed E-state index contributed by atoms with van der Waals surface area (Å²) >= 11 is 5.82. The maximum atomic E-state index is 12.4. The first-order chi connectivity index (χ1) is 16.0. The molecule has 0 saturated carbocycles. The summed E-state index contributed by atoms with van der Waals surface area (Å²) in [6.45, 7) is 0. The van der Waals surface area contributed by atoms with Gasteiger partial charge in [-0.3, -0.25) is 8.74 Å². The lowest BCUT2D eigenvalue weighted by atomic mass is 10.0. The van der Waals surface area contributed by atoms with Crippen LogP contribution in [-0.4, -0.2) is 34.7 Å². The molecule has 0 spiro atoms. The van der Waals surface area contributed by atoms with Crippen LogP contribution in [0, 0.1) is 0 Å². The second-order valence-corrected chi connectivity index (χ2v) is 10.2. The van der Waals surface area contributed by atoms with Crippen molar-refractivity contribution in [1.82, 2.24) is 4.83 Å². The van der Waals surface area contributed by atoms with Crippen molar-refractivity contribution >= 4 is 60.0 Å². The number of aryl methyl sites for hydroxylation is 1. The molecule has 1 heterocycles. The van der Waals surface area contributed by atoms with Crippen molar-refractivity contribution in [1.29, 1.82) is 0 Å². The second-order valence-electron chi connectivity index (χ2n) is 6.91. The third-order valence-electron chi connectivity index (χ3n) is 4.81. The fourth-order valence-electron chi connectivity index (χ4n) is 3.23. The Morgan fingerprint density at radius 2 is 1.38 bits per heavy atom. The van der Waals surface area contributed by atoms with Crippen molar-refractivity contribution in [3.05, 3.63) is 83.4 Å². The van der Waals surface area contributed by atoms with Crippen LogP contribution in [0.25, 0.3) is 21.8 Å². The Morgan fingerprint density at radius 1 is 0.912 bits per heavy atom. The summed E-state index contributed by atoms with van der Waals surface area (Å²) in [7, 11) is -5.06. The Kier molecular flexibility index (Phi) is 7.85. The molecule has 12 heteroatoms. The molecular weight excluding hydrogens is 502 g/mol. The molecule has 0 unspecified atom stereocenters. The number of halogens is 1. The molecule has 0 fully saturated rings. The Morgan fingerprint density at radius 3 is 1.85 bits per heavy atom. The first-order valence-corrected chi connectivity index (χ1v) is 12.9. The number of hydrazone groups is 1. The van der Waals surface area contributed by atoms with Gasteiger partial charge in [0, 0.05) is 22.7 Å². The minimum absolute atomic E-state index is 0.100. The summed E-state index contributed by atoms with van der Waals surface area (Å²) in [5.74, 6) is 0. The molecule has 0 atom stereocenters. The lowest BCUT2D eigenvalue weighted by Crippen LogP contribution is -2.30. The molecule has 1 aromatic heterocycles. The topological polar surface area (TPSA) is 126 Å². The van der Waals surface area contributed by atoms with Crippen molar-refractivity contribution in [3.63, 3.8) is 0 Å². The first-order valence-electron chi connectivity index (χ1n) is 9.66. The fourth-order valence-corrected chi connectivity index (χ4v) is 4.15. The maximum Gasteiger partial charge on any atom is 0.397 e. The third-order valence-corrected chi connectivity index (χ3v) is 6.72. The zero-order chi connectivity index (χ0) is 24.9. The van der Waals surface area contributed by atoms with E-state index in [1.807, 2.05) is 55.6 Å². The molecule has 0 aliphatic rings. The molecule has 9 nitrogen and oxygen atoms in total. The summed E-state index contributed by atoms with van der Waals surface area (Å²) in [6.07, 6.45) is 1.55. The highest BCUT2D eigenvalue weighted by Gasteiger charge is 2.17. The highest BCUT2D eigenvalue weighted by molar-refractivity contribution is 7.89. The Labute approximate surface area is 202 Å². The summed E-state index contributed by atoms with van der Waals surface area (Å²) < 4.78 is 56.7. The molecule has 0 aliphatic carbocycles. The van der Waals surface area contributed by atoms with Crippen LogP contribution in [0.1, 0.15) is 5.56 Å². The molecule has 0 saturated heterocycles. The minimum Gasteiger partial charge on any atom is -0.264 e. The largest absolute Gasteiger partial charge is 0.397 e. The van der Waals surface area contributed by atoms with Gasteiger partial charge in [0.15, 0.2) is 0 Å². The average Bonchev–Trinajstić information content (AvgIpc) is 2.81. The van der Waals surface area contributed by atoms with E-state index in [1.54, 1.807) is 6.21 Å². The molecule has 178 valence electrons. The quantitative estimate of drug-likeness (QED) is 0.136. The van der Waals surface area contributed by atoms with Gasteiger partial charge in [-0.1, -0.05) is 35.9 Å². The van der Waals surface area contributed by atoms with Crippen LogP contribution < -0.4 is 9.40 Å². The number of para-hydroxylation sites is 2. The molecule has 0 amide bonds. The highest BCUT2D eigenvalue weighted by Crippen LogP contribution is 2.23. The predicted molar refractivity (Wildman–Crippen MR) is 131 cm³/mol. The van der Waals surface area contributed by atoms with Gasteiger partial charge >= 0.3 is 10.4 Å². The summed E-state index contributed by atoms with van der Waals surface area (Å²) in [4.78, 5) is 2.38. The Hall–Kier alpha value is -3.09. The monoisotopic (exact) mass is 522 g/mol. The lowest BCUT2D eigenvalue weighted by Gasteiger charge is -2.07. The van der Waals surface area contributed by atoms with E-state index in [1.165, 1.54) is 24.3 Å².